The van der Waals surface area contributed by atoms with Gasteiger partial charge in [-0.25, -0.2) is 0 Å². The molecule has 0 N–H and O–H groups in total. The van der Waals surface area contributed by atoms with E-state index in [0.717, 1.165) is 12.8 Å². The Balaban J connectivity index is 2.34. The summed E-state index contributed by atoms with van der Waals surface area (Å²) in [6, 6.07) is 2.17. The number of hydrogen-bond donors (Lipinski definition) is 0. The Kier molecular flexibility index (Phi) is 2.06. The number of nitrogens with zero attached hydrogens (tertiary/aromatic N) is 1. The van der Waals surface area contributed by atoms with E-state index in [2.05, 4.69) is 6.07 Å². The molecular weight excluding hydrogens is 126 g/mol. The van der Waals surface area contributed by atoms with Gasteiger partial charge >= 0.3 is 0 Å². The van der Waals surface area contributed by atoms with E-state index >= 15 is 0 Å². The fraction of sp³-hybridized carbons (Fsp3) is 0.750. The summed E-state index contributed by atoms with van der Waals surface area (Å²) in [4.78, 5) is 10.6. The van der Waals surface area contributed by atoms with Gasteiger partial charge in [0, 0.05) is 6.42 Å². The molecule has 10 heavy (non-hydrogen) atoms. The van der Waals surface area contributed by atoms with Crippen LogP contribution in [-0.2, 0) is 4.79 Å². The van der Waals surface area contributed by atoms with Crippen LogP contribution in [0.3, 0.4) is 0 Å². The number of rotatable bonds is 3. The van der Waals surface area contributed by atoms with Crippen LogP contribution in [0.15, 0.2) is 0 Å². The first kappa shape index (κ1) is 7.27. The average molecular weight is 137 g/mol. The fourth-order valence-corrected chi connectivity index (χ4v) is 1.13. The summed E-state index contributed by atoms with van der Waals surface area (Å²) in [7, 11) is 0. The predicted octanol–water partition coefficient (Wildman–Crippen LogP) is 1.52. The van der Waals surface area contributed by atoms with Gasteiger partial charge in [0.05, 0.1) is 12.0 Å². The Morgan fingerprint density at radius 3 is 2.70 bits per heavy atom. The summed E-state index contributed by atoms with van der Waals surface area (Å²) >= 11 is 0. The van der Waals surface area contributed by atoms with Crippen molar-refractivity contribution in [2.24, 2.45) is 11.8 Å². The van der Waals surface area contributed by atoms with Crippen LogP contribution in [0.5, 0.6) is 0 Å². The largest absolute Gasteiger partial charge is 0.300 e. The third kappa shape index (κ3) is 1.84. The number of Topliss-reactive ketones (excluding diaryl/α,β-unsaturated/α-hetero) is 1. The molecule has 1 aliphatic rings. The van der Waals surface area contributed by atoms with Gasteiger partial charge in [0.1, 0.15) is 5.78 Å². The molecule has 0 bridgehead atoms. The highest BCUT2D eigenvalue weighted by Crippen LogP contribution is 2.38. The van der Waals surface area contributed by atoms with Crippen LogP contribution in [0.25, 0.3) is 0 Å². The van der Waals surface area contributed by atoms with Gasteiger partial charge in [-0.15, -0.1) is 0 Å². The zero-order valence-electron chi connectivity index (χ0n) is 6.13. The molecule has 0 aromatic rings. The van der Waals surface area contributed by atoms with Crippen molar-refractivity contribution in [3.05, 3.63) is 0 Å². The Morgan fingerprint density at radius 2 is 2.40 bits per heavy atom. The second kappa shape index (κ2) is 2.83. The number of carbonyl (C=O) groups is 1. The molecule has 1 fully saturated rings. The van der Waals surface area contributed by atoms with E-state index in [9.17, 15) is 4.79 Å². The molecule has 0 aliphatic heterocycles. The zero-order valence-corrected chi connectivity index (χ0v) is 6.13. The Bertz CT molecular complexity index is 176. The number of nitriles is 1. The first-order valence-electron chi connectivity index (χ1n) is 3.63. The lowest BCUT2D eigenvalue weighted by atomic mass is 10.00. The summed E-state index contributed by atoms with van der Waals surface area (Å²) in [5.41, 5.74) is 0. The highest BCUT2D eigenvalue weighted by molar-refractivity contribution is 5.76. The summed E-state index contributed by atoms with van der Waals surface area (Å²) in [5, 5.41) is 8.58. The molecule has 0 aromatic carbocycles. The van der Waals surface area contributed by atoms with Crippen molar-refractivity contribution < 1.29 is 4.79 Å². The SMILES string of the molecule is CC(=O)CC(C#N)C1CC1. The zero-order chi connectivity index (χ0) is 7.56. The van der Waals surface area contributed by atoms with Crippen molar-refractivity contribution in [2.45, 2.75) is 26.2 Å². The van der Waals surface area contributed by atoms with Crippen LogP contribution in [0, 0.1) is 23.2 Å². The molecule has 1 unspecified atom stereocenters. The van der Waals surface area contributed by atoms with E-state index in [1.165, 1.54) is 0 Å². The summed E-state index contributed by atoms with van der Waals surface area (Å²) in [5.74, 6) is 0.685. The quantitative estimate of drug-likeness (QED) is 0.591. The lowest BCUT2D eigenvalue weighted by Gasteiger charge is -2.01. The van der Waals surface area contributed by atoms with Crippen molar-refractivity contribution in [2.75, 3.05) is 0 Å². The summed E-state index contributed by atoms with van der Waals surface area (Å²) < 4.78 is 0. The van der Waals surface area contributed by atoms with Gasteiger partial charge in [0.25, 0.3) is 0 Å². The van der Waals surface area contributed by atoms with Crippen LogP contribution in [0.1, 0.15) is 26.2 Å². The van der Waals surface area contributed by atoms with Crippen LogP contribution in [0.4, 0.5) is 0 Å². The van der Waals surface area contributed by atoms with Crippen LogP contribution < -0.4 is 0 Å². The first-order valence-corrected chi connectivity index (χ1v) is 3.63. The molecule has 0 radical (unpaired) electrons. The van der Waals surface area contributed by atoms with Crippen molar-refractivity contribution in [1.82, 2.24) is 0 Å². The van der Waals surface area contributed by atoms with E-state index in [1.807, 2.05) is 0 Å². The molecule has 0 spiro atoms. The van der Waals surface area contributed by atoms with Crippen LogP contribution in [-0.4, -0.2) is 5.78 Å². The fourth-order valence-electron chi connectivity index (χ4n) is 1.13. The minimum Gasteiger partial charge on any atom is -0.300 e. The highest BCUT2D eigenvalue weighted by atomic mass is 16.1. The second-order valence-corrected chi connectivity index (χ2v) is 2.98. The Labute approximate surface area is 60.8 Å². The van der Waals surface area contributed by atoms with E-state index in [4.69, 9.17) is 5.26 Å². The maximum atomic E-state index is 10.6. The van der Waals surface area contributed by atoms with E-state index < -0.39 is 0 Å². The number of carbonyl (C=O) groups excluding carboxylic acids is 1. The maximum absolute atomic E-state index is 10.6. The number of hydrogen-bond acceptors (Lipinski definition) is 2. The van der Waals surface area contributed by atoms with Crippen LogP contribution >= 0.6 is 0 Å². The second-order valence-electron chi connectivity index (χ2n) is 2.98. The third-order valence-corrected chi connectivity index (χ3v) is 1.86. The molecule has 1 atom stereocenters. The van der Waals surface area contributed by atoms with Crippen molar-refractivity contribution in [1.29, 1.82) is 5.26 Å². The standard InChI is InChI=1S/C8H11NO/c1-6(10)4-8(5-9)7-2-3-7/h7-8H,2-4H2,1H3. The maximum Gasteiger partial charge on any atom is 0.131 e. The monoisotopic (exact) mass is 137 g/mol. The molecule has 1 aliphatic carbocycles. The average Bonchev–Trinajstić information content (AvgIpc) is 2.63. The molecule has 1 rings (SSSR count). The summed E-state index contributed by atoms with van der Waals surface area (Å²) in [6.07, 6.45) is 2.75. The van der Waals surface area contributed by atoms with Gasteiger partial charge in [0.15, 0.2) is 0 Å². The Morgan fingerprint density at radius 1 is 1.80 bits per heavy atom. The first-order chi connectivity index (χ1) is 4.74. The lowest BCUT2D eigenvalue weighted by Crippen LogP contribution is -2.04. The van der Waals surface area contributed by atoms with Crippen molar-refractivity contribution >= 4 is 5.78 Å². The van der Waals surface area contributed by atoms with Crippen LogP contribution in [0.2, 0.25) is 0 Å². The van der Waals surface area contributed by atoms with Gasteiger partial charge in [-0.1, -0.05) is 0 Å². The minimum atomic E-state index is 0.0116. The molecule has 2 heteroatoms. The van der Waals surface area contributed by atoms with Crippen molar-refractivity contribution in [3.63, 3.8) is 0 Å². The third-order valence-electron chi connectivity index (χ3n) is 1.86. The van der Waals surface area contributed by atoms with Gasteiger partial charge < -0.3 is 0 Å². The molecule has 54 valence electrons. The Hall–Kier alpha value is -0.840. The molecule has 0 saturated heterocycles. The normalized spacial score (nSPS) is 19.6. The van der Waals surface area contributed by atoms with Crippen molar-refractivity contribution in [3.8, 4) is 6.07 Å². The number of ketones is 1. The van der Waals surface area contributed by atoms with Gasteiger partial charge in [-0.3, -0.25) is 4.79 Å². The van der Waals surface area contributed by atoms with Gasteiger partial charge in [-0.2, -0.15) is 5.26 Å². The topological polar surface area (TPSA) is 40.9 Å². The van der Waals surface area contributed by atoms with E-state index in [0.29, 0.717) is 12.3 Å². The van der Waals surface area contributed by atoms with E-state index in [-0.39, 0.29) is 11.7 Å². The molecule has 0 aromatic heterocycles. The molecule has 2 nitrogen and oxygen atoms in total. The predicted molar refractivity (Wildman–Crippen MR) is 37.1 cm³/mol. The molecular formula is C8H11NO. The minimum absolute atomic E-state index is 0.0116. The molecule has 0 amide bonds. The smallest absolute Gasteiger partial charge is 0.131 e. The molecule has 0 heterocycles. The lowest BCUT2D eigenvalue weighted by molar-refractivity contribution is -0.117. The van der Waals surface area contributed by atoms with Gasteiger partial charge in [0.2, 0.25) is 0 Å². The summed E-state index contributed by atoms with van der Waals surface area (Å²) in [6.45, 7) is 1.55. The molecule has 1 saturated carbocycles. The van der Waals surface area contributed by atoms with E-state index in [1.54, 1.807) is 6.92 Å². The highest BCUT2D eigenvalue weighted by Gasteiger charge is 2.31. The van der Waals surface area contributed by atoms with Gasteiger partial charge in [-0.05, 0) is 25.7 Å².